The summed E-state index contributed by atoms with van der Waals surface area (Å²) in [6.07, 6.45) is 4.44. The van der Waals surface area contributed by atoms with Crippen LogP contribution in [0.4, 0.5) is 0 Å². The van der Waals surface area contributed by atoms with Crippen molar-refractivity contribution < 1.29 is 4.79 Å². The van der Waals surface area contributed by atoms with Crippen LogP contribution in [-0.4, -0.2) is 17.2 Å². The Morgan fingerprint density at radius 2 is 2.20 bits per heavy atom. The van der Waals surface area contributed by atoms with Crippen LogP contribution >= 0.6 is 0 Å². The van der Waals surface area contributed by atoms with Gasteiger partial charge in [-0.05, 0) is 18.1 Å². The normalized spacial score (nSPS) is 10.2. The first-order chi connectivity index (χ1) is 7.33. The number of rotatable bonds is 3. The second kappa shape index (κ2) is 4.11. The van der Waals surface area contributed by atoms with E-state index in [2.05, 4.69) is 27.9 Å². The van der Waals surface area contributed by atoms with Crippen molar-refractivity contribution in [2.75, 3.05) is 6.54 Å². The minimum atomic E-state index is 0.511. The lowest BCUT2D eigenvalue weighted by molar-refractivity contribution is 0.563. The molecule has 0 radical (unpaired) electrons. The quantitative estimate of drug-likeness (QED) is 0.551. The number of benzene rings is 1. The van der Waals surface area contributed by atoms with E-state index in [-0.39, 0.29) is 0 Å². The van der Waals surface area contributed by atoms with Gasteiger partial charge >= 0.3 is 0 Å². The minimum Gasteiger partial charge on any atom is -0.350 e. The lowest BCUT2D eigenvalue weighted by Gasteiger charge is -1.94. The molecule has 0 saturated carbocycles. The standard InChI is InChI=1S/C12H12N2O/c1-14-8-10(6-7-13-9-15)11-4-2-3-5-12(11)14/h2-5,8H,6-7H2,1H3. The molecule has 2 aromatic rings. The molecule has 1 aromatic heterocycles. The molecule has 0 N–H and O–H groups in total. The molecule has 1 heterocycles. The number of fused-ring (bicyclic) bond motifs is 1. The molecule has 0 aliphatic heterocycles. The van der Waals surface area contributed by atoms with Gasteiger partial charge in [-0.25, -0.2) is 9.79 Å². The Labute approximate surface area is 88.0 Å². The number of carbonyl (C=O) groups excluding carboxylic acids is 1. The van der Waals surface area contributed by atoms with Crippen LogP contribution in [0.15, 0.2) is 35.5 Å². The Kier molecular flexibility index (Phi) is 2.66. The summed E-state index contributed by atoms with van der Waals surface area (Å²) in [4.78, 5) is 13.5. The predicted octanol–water partition coefficient (Wildman–Crippen LogP) is 2.06. The molecule has 0 aliphatic carbocycles. The highest BCUT2D eigenvalue weighted by Crippen LogP contribution is 2.20. The van der Waals surface area contributed by atoms with Crippen molar-refractivity contribution in [3.05, 3.63) is 36.0 Å². The Hall–Kier alpha value is -1.86. The zero-order chi connectivity index (χ0) is 10.7. The van der Waals surface area contributed by atoms with Gasteiger partial charge in [0, 0.05) is 24.1 Å². The van der Waals surface area contributed by atoms with Gasteiger partial charge in [0.25, 0.3) is 0 Å². The Bertz CT molecular complexity index is 521. The first-order valence-electron chi connectivity index (χ1n) is 4.89. The van der Waals surface area contributed by atoms with Crippen LogP contribution in [0.1, 0.15) is 5.56 Å². The summed E-state index contributed by atoms with van der Waals surface area (Å²) in [6, 6.07) is 8.22. The third-order valence-electron chi connectivity index (χ3n) is 2.54. The van der Waals surface area contributed by atoms with Gasteiger partial charge in [0.2, 0.25) is 6.08 Å². The number of isocyanates is 1. The summed E-state index contributed by atoms with van der Waals surface area (Å²) in [5.41, 5.74) is 2.44. The number of aryl methyl sites for hydroxylation is 1. The molecule has 1 aromatic carbocycles. The Morgan fingerprint density at radius 1 is 1.40 bits per heavy atom. The van der Waals surface area contributed by atoms with Crippen LogP contribution in [0.3, 0.4) is 0 Å². The average Bonchev–Trinajstić information content (AvgIpc) is 2.58. The van der Waals surface area contributed by atoms with E-state index in [9.17, 15) is 4.79 Å². The maximum Gasteiger partial charge on any atom is 0.234 e. The van der Waals surface area contributed by atoms with Crippen molar-refractivity contribution in [1.29, 1.82) is 0 Å². The van der Waals surface area contributed by atoms with Crippen molar-refractivity contribution in [2.24, 2.45) is 12.0 Å². The molecule has 0 atom stereocenters. The van der Waals surface area contributed by atoms with Crippen molar-refractivity contribution in [3.63, 3.8) is 0 Å². The molecule has 0 fully saturated rings. The fraction of sp³-hybridized carbons (Fsp3) is 0.250. The fourth-order valence-corrected chi connectivity index (χ4v) is 1.85. The van der Waals surface area contributed by atoms with Crippen molar-refractivity contribution in [1.82, 2.24) is 4.57 Å². The molecule has 0 spiro atoms. The SMILES string of the molecule is Cn1cc(CCN=C=O)c2ccccc21. The molecule has 0 aliphatic rings. The van der Waals surface area contributed by atoms with Gasteiger partial charge in [-0.15, -0.1) is 0 Å². The number of aliphatic imine (C=N–C) groups is 1. The summed E-state index contributed by atoms with van der Waals surface area (Å²) in [7, 11) is 2.02. The number of para-hydroxylation sites is 1. The van der Waals surface area contributed by atoms with E-state index in [1.54, 1.807) is 6.08 Å². The highest BCUT2D eigenvalue weighted by atomic mass is 16.1. The van der Waals surface area contributed by atoms with E-state index < -0.39 is 0 Å². The van der Waals surface area contributed by atoms with E-state index in [0.717, 1.165) is 6.42 Å². The van der Waals surface area contributed by atoms with Crippen LogP contribution in [-0.2, 0) is 18.3 Å². The summed E-state index contributed by atoms with van der Waals surface area (Å²) in [5, 5.41) is 1.24. The second-order valence-electron chi connectivity index (χ2n) is 3.51. The Balaban J connectivity index is 2.39. The molecule has 3 heteroatoms. The number of hydrogen-bond donors (Lipinski definition) is 0. The summed E-state index contributed by atoms with van der Waals surface area (Å²) in [6.45, 7) is 0.511. The molecule has 0 amide bonds. The minimum absolute atomic E-state index is 0.511. The van der Waals surface area contributed by atoms with Crippen LogP contribution < -0.4 is 0 Å². The largest absolute Gasteiger partial charge is 0.350 e. The molecule has 0 bridgehead atoms. The third-order valence-corrected chi connectivity index (χ3v) is 2.54. The number of hydrogen-bond acceptors (Lipinski definition) is 2. The molecule has 0 saturated heterocycles. The van der Waals surface area contributed by atoms with E-state index in [1.165, 1.54) is 16.5 Å². The van der Waals surface area contributed by atoms with Crippen LogP contribution in [0.2, 0.25) is 0 Å². The number of nitrogens with zero attached hydrogens (tertiary/aromatic N) is 2. The highest BCUT2D eigenvalue weighted by Gasteiger charge is 2.04. The second-order valence-corrected chi connectivity index (χ2v) is 3.51. The molecule has 2 rings (SSSR count). The van der Waals surface area contributed by atoms with E-state index in [1.807, 2.05) is 19.2 Å². The monoisotopic (exact) mass is 200 g/mol. The Morgan fingerprint density at radius 3 is 3.00 bits per heavy atom. The lowest BCUT2D eigenvalue weighted by atomic mass is 10.1. The molecule has 76 valence electrons. The molecular weight excluding hydrogens is 188 g/mol. The number of aromatic nitrogens is 1. The highest BCUT2D eigenvalue weighted by molar-refractivity contribution is 5.83. The summed E-state index contributed by atoms with van der Waals surface area (Å²) in [5.74, 6) is 0. The van der Waals surface area contributed by atoms with Crippen molar-refractivity contribution in [3.8, 4) is 0 Å². The predicted molar refractivity (Wildman–Crippen MR) is 59.6 cm³/mol. The maximum atomic E-state index is 9.97. The zero-order valence-corrected chi connectivity index (χ0v) is 8.60. The molecule has 3 nitrogen and oxygen atoms in total. The fourth-order valence-electron chi connectivity index (χ4n) is 1.85. The molecular formula is C12H12N2O. The van der Waals surface area contributed by atoms with Crippen LogP contribution in [0.5, 0.6) is 0 Å². The topological polar surface area (TPSA) is 34.4 Å². The van der Waals surface area contributed by atoms with Crippen LogP contribution in [0, 0.1) is 0 Å². The first-order valence-corrected chi connectivity index (χ1v) is 4.89. The van der Waals surface area contributed by atoms with Gasteiger partial charge in [0.15, 0.2) is 0 Å². The van der Waals surface area contributed by atoms with Gasteiger partial charge < -0.3 is 4.57 Å². The smallest absolute Gasteiger partial charge is 0.234 e. The molecule has 0 unspecified atom stereocenters. The zero-order valence-electron chi connectivity index (χ0n) is 8.60. The van der Waals surface area contributed by atoms with Crippen molar-refractivity contribution >= 4 is 17.0 Å². The van der Waals surface area contributed by atoms with Gasteiger partial charge in [-0.1, -0.05) is 18.2 Å². The van der Waals surface area contributed by atoms with Gasteiger partial charge in [0.1, 0.15) is 0 Å². The summed E-state index contributed by atoms with van der Waals surface area (Å²) < 4.78 is 2.09. The van der Waals surface area contributed by atoms with Gasteiger partial charge in [-0.2, -0.15) is 0 Å². The maximum absolute atomic E-state index is 9.97. The van der Waals surface area contributed by atoms with Gasteiger partial charge in [0.05, 0.1) is 6.54 Å². The van der Waals surface area contributed by atoms with Crippen LogP contribution in [0.25, 0.3) is 10.9 Å². The van der Waals surface area contributed by atoms with Gasteiger partial charge in [-0.3, -0.25) is 0 Å². The van der Waals surface area contributed by atoms with E-state index in [0.29, 0.717) is 6.54 Å². The van der Waals surface area contributed by atoms with Crippen molar-refractivity contribution in [2.45, 2.75) is 6.42 Å². The lowest BCUT2D eigenvalue weighted by Crippen LogP contribution is -1.87. The average molecular weight is 200 g/mol. The van der Waals surface area contributed by atoms with E-state index >= 15 is 0 Å². The third kappa shape index (κ3) is 1.83. The molecule has 15 heavy (non-hydrogen) atoms. The first kappa shape index (κ1) is 9.69. The summed E-state index contributed by atoms with van der Waals surface area (Å²) >= 11 is 0. The van der Waals surface area contributed by atoms with E-state index in [4.69, 9.17) is 0 Å².